The minimum absolute atomic E-state index is 0.277. The Morgan fingerprint density at radius 1 is 1.33 bits per heavy atom. The molecule has 0 aliphatic carbocycles. The third-order valence-electron chi connectivity index (χ3n) is 2.05. The van der Waals surface area contributed by atoms with Crippen LogP contribution in [0.25, 0.3) is 15.9 Å². The summed E-state index contributed by atoms with van der Waals surface area (Å²) in [4.78, 5) is 4.19. The molecule has 0 saturated carbocycles. The lowest BCUT2D eigenvalue weighted by atomic mass is 10.3. The molecule has 15 heavy (non-hydrogen) atoms. The van der Waals surface area contributed by atoms with Gasteiger partial charge in [0.05, 0.1) is 21.4 Å². The van der Waals surface area contributed by atoms with Crippen molar-refractivity contribution in [1.29, 1.82) is 0 Å². The summed E-state index contributed by atoms with van der Waals surface area (Å²) in [7, 11) is 0. The minimum atomic E-state index is 0.277. The second kappa shape index (κ2) is 2.99. The molecule has 0 radical (unpaired) electrons. The van der Waals surface area contributed by atoms with Gasteiger partial charge in [0.15, 0.2) is 0 Å². The smallest absolute Gasteiger partial charge is 0.245 e. The summed E-state index contributed by atoms with van der Waals surface area (Å²) >= 11 is 1.57. The summed E-state index contributed by atoms with van der Waals surface area (Å²) in [6, 6.07) is 5.76. The third kappa shape index (κ3) is 1.24. The highest BCUT2D eigenvalue weighted by Crippen LogP contribution is 2.21. The number of hydrogen-bond acceptors (Lipinski definition) is 6. The van der Waals surface area contributed by atoms with Gasteiger partial charge < -0.3 is 5.73 Å². The predicted octanol–water partition coefficient (Wildman–Crippen LogP) is 0.854. The second-order valence-corrected chi connectivity index (χ2v) is 3.84. The van der Waals surface area contributed by atoms with E-state index in [4.69, 9.17) is 5.73 Å². The Bertz CT molecular complexity index is 612. The van der Waals surface area contributed by atoms with Gasteiger partial charge in [-0.1, -0.05) is 5.10 Å². The summed E-state index contributed by atoms with van der Waals surface area (Å²) in [5, 5.41) is 10.9. The standard InChI is InChI=1S/C8H6N6S/c9-8-11-12-13-14(8)5-1-2-6-7(3-5)15-4-10-6/h1-4H,(H2,9,11,13). The SMILES string of the molecule is Nc1nnnn1-c1ccc2ncsc2c1. The van der Waals surface area contributed by atoms with E-state index in [-0.39, 0.29) is 5.95 Å². The molecule has 6 nitrogen and oxygen atoms in total. The third-order valence-corrected chi connectivity index (χ3v) is 2.84. The lowest BCUT2D eigenvalue weighted by Crippen LogP contribution is -2.01. The zero-order valence-corrected chi connectivity index (χ0v) is 8.35. The molecule has 0 saturated heterocycles. The maximum Gasteiger partial charge on any atom is 0.245 e. The van der Waals surface area contributed by atoms with Crippen LogP contribution in [-0.4, -0.2) is 25.2 Å². The van der Waals surface area contributed by atoms with Gasteiger partial charge in [0.25, 0.3) is 0 Å². The Kier molecular flexibility index (Phi) is 1.65. The maximum absolute atomic E-state index is 5.61. The first kappa shape index (κ1) is 8.30. The number of benzene rings is 1. The molecular formula is C8H6N6S. The second-order valence-electron chi connectivity index (χ2n) is 2.95. The van der Waals surface area contributed by atoms with Gasteiger partial charge in [-0.3, -0.25) is 0 Å². The van der Waals surface area contributed by atoms with Crippen LogP contribution in [0, 0.1) is 0 Å². The summed E-state index contributed by atoms with van der Waals surface area (Å²) in [6.07, 6.45) is 0. The maximum atomic E-state index is 5.61. The zero-order chi connectivity index (χ0) is 10.3. The Morgan fingerprint density at radius 3 is 3.07 bits per heavy atom. The summed E-state index contributed by atoms with van der Waals surface area (Å²) in [5.74, 6) is 0.277. The molecule has 0 aliphatic rings. The highest BCUT2D eigenvalue weighted by molar-refractivity contribution is 7.16. The van der Waals surface area contributed by atoms with Gasteiger partial charge in [-0.2, -0.15) is 4.68 Å². The van der Waals surface area contributed by atoms with E-state index in [0.29, 0.717) is 0 Å². The van der Waals surface area contributed by atoms with Crippen molar-refractivity contribution in [1.82, 2.24) is 25.2 Å². The van der Waals surface area contributed by atoms with Crippen molar-refractivity contribution in [3.05, 3.63) is 23.7 Å². The molecule has 74 valence electrons. The molecule has 0 fully saturated rings. The first-order valence-corrected chi connectivity index (χ1v) is 5.10. The van der Waals surface area contributed by atoms with Gasteiger partial charge in [0.2, 0.25) is 5.95 Å². The van der Waals surface area contributed by atoms with Crippen molar-refractivity contribution in [2.75, 3.05) is 5.73 Å². The predicted molar refractivity (Wildman–Crippen MR) is 56.7 cm³/mol. The van der Waals surface area contributed by atoms with Gasteiger partial charge in [-0.15, -0.1) is 11.3 Å². The molecular weight excluding hydrogens is 212 g/mol. The fourth-order valence-corrected chi connectivity index (χ4v) is 2.06. The average Bonchev–Trinajstić information content (AvgIpc) is 2.84. The Hall–Kier alpha value is -2.02. The molecule has 0 atom stereocenters. The van der Waals surface area contributed by atoms with Crippen LogP contribution in [0.15, 0.2) is 23.7 Å². The van der Waals surface area contributed by atoms with Crippen molar-refractivity contribution in [3.63, 3.8) is 0 Å². The largest absolute Gasteiger partial charge is 0.366 e. The molecule has 3 rings (SSSR count). The van der Waals surface area contributed by atoms with E-state index < -0.39 is 0 Å². The Balaban J connectivity index is 2.23. The van der Waals surface area contributed by atoms with E-state index in [1.807, 2.05) is 18.2 Å². The van der Waals surface area contributed by atoms with Crippen LogP contribution in [0.3, 0.4) is 0 Å². The van der Waals surface area contributed by atoms with Crippen molar-refractivity contribution in [2.45, 2.75) is 0 Å². The van der Waals surface area contributed by atoms with E-state index in [2.05, 4.69) is 20.5 Å². The van der Waals surface area contributed by atoms with Crippen molar-refractivity contribution in [3.8, 4) is 5.69 Å². The van der Waals surface area contributed by atoms with Crippen LogP contribution in [0.2, 0.25) is 0 Å². The first-order valence-electron chi connectivity index (χ1n) is 4.22. The molecule has 0 amide bonds. The van der Waals surface area contributed by atoms with Gasteiger partial charge in [-0.25, -0.2) is 4.98 Å². The number of tetrazole rings is 1. The summed E-state index contributed by atoms with van der Waals surface area (Å²) in [6.45, 7) is 0. The lowest BCUT2D eigenvalue weighted by Gasteiger charge is -1.99. The van der Waals surface area contributed by atoms with Gasteiger partial charge in [0.1, 0.15) is 0 Å². The van der Waals surface area contributed by atoms with Crippen LogP contribution in [0.5, 0.6) is 0 Å². The van der Waals surface area contributed by atoms with Crippen LogP contribution in [0.1, 0.15) is 0 Å². The summed E-state index contributed by atoms with van der Waals surface area (Å²) in [5.41, 5.74) is 9.22. The van der Waals surface area contributed by atoms with Crippen molar-refractivity contribution < 1.29 is 0 Å². The van der Waals surface area contributed by atoms with Crippen LogP contribution in [-0.2, 0) is 0 Å². The average molecular weight is 218 g/mol. The van der Waals surface area contributed by atoms with Crippen molar-refractivity contribution in [2.24, 2.45) is 0 Å². The minimum Gasteiger partial charge on any atom is -0.366 e. The number of fused-ring (bicyclic) bond motifs is 1. The van der Waals surface area contributed by atoms with E-state index in [1.165, 1.54) is 4.68 Å². The fraction of sp³-hybridized carbons (Fsp3) is 0. The number of nitrogens with two attached hydrogens (primary N) is 1. The highest BCUT2D eigenvalue weighted by Gasteiger charge is 2.05. The molecule has 0 aliphatic heterocycles. The molecule has 7 heteroatoms. The number of aromatic nitrogens is 5. The van der Waals surface area contributed by atoms with E-state index in [0.717, 1.165) is 15.9 Å². The summed E-state index contributed by atoms with van der Waals surface area (Å²) < 4.78 is 2.57. The molecule has 2 N–H and O–H groups in total. The fourth-order valence-electron chi connectivity index (χ4n) is 1.35. The van der Waals surface area contributed by atoms with E-state index >= 15 is 0 Å². The Labute approximate surface area is 88.4 Å². The van der Waals surface area contributed by atoms with Gasteiger partial charge >= 0.3 is 0 Å². The molecule has 2 aromatic heterocycles. The zero-order valence-electron chi connectivity index (χ0n) is 7.53. The van der Waals surface area contributed by atoms with Crippen LogP contribution < -0.4 is 5.73 Å². The van der Waals surface area contributed by atoms with Crippen LogP contribution in [0.4, 0.5) is 5.95 Å². The van der Waals surface area contributed by atoms with E-state index in [9.17, 15) is 0 Å². The van der Waals surface area contributed by atoms with Gasteiger partial charge in [-0.05, 0) is 28.6 Å². The first-order chi connectivity index (χ1) is 7.34. The quantitative estimate of drug-likeness (QED) is 0.654. The number of hydrogen-bond donors (Lipinski definition) is 1. The number of nitrogen functional groups attached to an aromatic ring is 1. The Morgan fingerprint density at radius 2 is 2.27 bits per heavy atom. The monoisotopic (exact) mass is 218 g/mol. The normalized spacial score (nSPS) is 10.9. The molecule has 3 aromatic rings. The van der Waals surface area contributed by atoms with Crippen molar-refractivity contribution >= 4 is 27.5 Å². The lowest BCUT2D eigenvalue weighted by molar-refractivity contribution is 0.793. The molecule has 0 unspecified atom stereocenters. The number of thiazole rings is 1. The molecule has 2 heterocycles. The highest BCUT2D eigenvalue weighted by atomic mass is 32.1. The molecule has 0 spiro atoms. The number of anilines is 1. The van der Waals surface area contributed by atoms with Gasteiger partial charge in [0, 0.05) is 0 Å². The van der Waals surface area contributed by atoms with E-state index in [1.54, 1.807) is 16.8 Å². The number of rotatable bonds is 1. The molecule has 0 bridgehead atoms. The molecule has 1 aromatic carbocycles. The topological polar surface area (TPSA) is 82.5 Å². The van der Waals surface area contributed by atoms with Crippen LogP contribution >= 0.6 is 11.3 Å². The number of nitrogens with zero attached hydrogens (tertiary/aromatic N) is 5.